The van der Waals surface area contributed by atoms with Crippen LogP contribution in [0.15, 0.2) is 24.8 Å². The summed E-state index contributed by atoms with van der Waals surface area (Å²) in [6.45, 7) is 3.60. The molecule has 0 saturated heterocycles. The second kappa shape index (κ2) is 7.09. The Morgan fingerprint density at radius 3 is 2.84 bits per heavy atom. The maximum atomic E-state index is 15.4. The molecule has 31 heavy (non-hydrogen) atoms. The third-order valence-corrected chi connectivity index (χ3v) is 5.88. The molecule has 10 heteroatoms. The molecule has 1 aliphatic carbocycles. The van der Waals surface area contributed by atoms with Crippen molar-refractivity contribution < 1.29 is 13.6 Å². The van der Waals surface area contributed by atoms with Crippen LogP contribution < -0.4 is 10.6 Å². The van der Waals surface area contributed by atoms with Crippen molar-refractivity contribution in [1.29, 1.82) is 0 Å². The van der Waals surface area contributed by atoms with E-state index in [2.05, 4.69) is 30.8 Å². The van der Waals surface area contributed by atoms with Crippen LogP contribution in [-0.2, 0) is 4.79 Å². The molecule has 0 bridgehead atoms. The van der Waals surface area contributed by atoms with E-state index in [1.165, 1.54) is 0 Å². The number of hydrogen-bond acceptors (Lipinski definition) is 5. The largest absolute Gasteiger partial charge is 0.313 e. The van der Waals surface area contributed by atoms with Crippen molar-refractivity contribution in [1.82, 2.24) is 29.9 Å². The average molecular weight is 425 g/mol. The Morgan fingerprint density at radius 2 is 2.13 bits per heavy atom. The fourth-order valence-electron chi connectivity index (χ4n) is 3.93. The van der Waals surface area contributed by atoms with Gasteiger partial charge in [0.2, 0.25) is 5.91 Å². The first-order chi connectivity index (χ1) is 14.9. The minimum absolute atomic E-state index is 0.207. The summed E-state index contributed by atoms with van der Waals surface area (Å²) in [5.74, 6) is -0.981. The van der Waals surface area contributed by atoms with E-state index in [0.717, 1.165) is 5.39 Å². The molecular weight excluding hydrogens is 404 g/mol. The van der Waals surface area contributed by atoms with Gasteiger partial charge in [-0.2, -0.15) is 5.10 Å². The molecule has 0 radical (unpaired) electrons. The molecule has 1 amide bonds. The standard InChI is InChI=1S/C21H21F2N7O/c1-9-17(12-5-26-29-20(12)18(19(9)23)10(2)24-3)14-7-30-8-15(27-16(30)6-25-14)28-21(31)11-4-13(11)22/h5-8,10-11,13,24H,4H2,1-3H3,(H,26,29)(H,28,31)/t10?,11-,13+/m1/s1. The molecule has 1 aliphatic rings. The highest BCUT2D eigenvalue weighted by atomic mass is 19.1. The number of carbonyl (C=O) groups excluding carboxylic acids is 1. The smallest absolute Gasteiger partial charge is 0.231 e. The van der Waals surface area contributed by atoms with Gasteiger partial charge in [0.1, 0.15) is 12.0 Å². The lowest BCUT2D eigenvalue weighted by molar-refractivity contribution is -0.117. The number of fused-ring (bicyclic) bond motifs is 2. The fraction of sp³-hybridized carbons (Fsp3) is 0.333. The quantitative estimate of drug-likeness (QED) is 0.456. The van der Waals surface area contributed by atoms with Gasteiger partial charge >= 0.3 is 0 Å². The van der Waals surface area contributed by atoms with Crippen molar-refractivity contribution in [2.24, 2.45) is 5.92 Å². The number of anilines is 1. The van der Waals surface area contributed by atoms with E-state index in [-0.39, 0.29) is 24.2 Å². The Kier molecular flexibility index (Phi) is 4.47. The van der Waals surface area contributed by atoms with Gasteiger partial charge in [0, 0.05) is 28.8 Å². The van der Waals surface area contributed by atoms with Gasteiger partial charge in [-0.05, 0) is 32.9 Å². The minimum Gasteiger partial charge on any atom is -0.313 e. The van der Waals surface area contributed by atoms with Crippen LogP contribution in [0.5, 0.6) is 0 Å². The van der Waals surface area contributed by atoms with Gasteiger partial charge in [-0.15, -0.1) is 0 Å². The first kappa shape index (κ1) is 19.6. The highest BCUT2D eigenvalue weighted by Gasteiger charge is 2.43. The molecule has 3 N–H and O–H groups in total. The van der Waals surface area contributed by atoms with Crippen LogP contribution in [0.3, 0.4) is 0 Å². The molecule has 1 saturated carbocycles. The zero-order valence-corrected chi connectivity index (χ0v) is 17.2. The Labute approximate surface area is 176 Å². The lowest BCUT2D eigenvalue weighted by atomic mass is 9.94. The van der Waals surface area contributed by atoms with Gasteiger partial charge < -0.3 is 15.0 Å². The second-order valence-electron chi connectivity index (χ2n) is 7.91. The predicted molar refractivity (Wildman–Crippen MR) is 112 cm³/mol. The maximum absolute atomic E-state index is 15.4. The average Bonchev–Trinajstić information content (AvgIpc) is 3.12. The molecule has 3 aromatic heterocycles. The predicted octanol–water partition coefficient (Wildman–Crippen LogP) is 3.30. The number of amides is 1. The van der Waals surface area contributed by atoms with E-state index < -0.39 is 12.1 Å². The van der Waals surface area contributed by atoms with Gasteiger partial charge in [-0.1, -0.05) is 0 Å². The molecule has 5 rings (SSSR count). The SMILES string of the molecule is CNC(C)c1c(F)c(C)c(-c2cn3cc(NC(=O)[C@@H]4C[C@@H]4F)nc3cn2)c2cn[nH]c12. The summed E-state index contributed by atoms with van der Waals surface area (Å²) in [5.41, 5.74) is 3.29. The van der Waals surface area contributed by atoms with E-state index in [1.807, 2.05) is 6.92 Å². The van der Waals surface area contributed by atoms with Crippen molar-refractivity contribution in [3.05, 3.63) is 41.7 Å². The number of H-pyrrole nitrogens is 1. The molecular formula is C21H21F2N7O. The Hall–Kier alpha value is -3.40. The van der Waals surface area contributed by atoms with E-state index in [0.29, 0.717) is 39.4 Å². The second-order valence-corrected chi connectivity index (χ2v) is 7.91. The first-order valence-electron chi connectivity index (χ1n) is 10.0. The minimum atomic E-state index is -1.07. The van der Waals surface area contributed by atoms with Crippen LogP contribution in [0.1, 0.15) is 30.5 Å². The number of aromatic amines is 1. The summed E-state index contributed by atoms with van der Waals surface area (Å²) in [7, 11) is 1.78. The molecule has 1 aromatic carbocycles. The molecule has 3 heterocycles. The number of halogens is 2. The van der Waals surface area contributed by atoms with Crippen LogP contribution in [0, 0.1) is 18.7 Å². The molecule has 8 nitrogen and oxygen atoms in total. The van der Waals surface area contributed by atoms with Crippen molar-refractivity contribution in [2.75, 3.05) is 12.4 Å². The fourth-order valence-corrected chi connectivity index (χ4v) is 3.93. The highest BCUT2D eigenvalue weighted by Crippen LogP contribution is 2.37. The van der Waals surface area contributed by atoms with Crippen molar-refractivity contribution in [2.45, 2.75) is 32.5 Å². The van der Waals surface area contributed by atoms with Crippen molar-refractivity contribution >= 4 is 28.3 Å². The van der Waals surface area contributed by atoms with Gasteiger partial charge in [0.15, 0.2) is 11.5 Å². The number of alkyl halides is 1. The third-order valence-electron chi connectivity index (χ3n) is 5.88. The van der Waals surface area contributed by atoms with Gasteiger partial charge in [0.05, 0.1) is 35.7 Å². The van der Waals surface area contributed by atoms with E-state index in [4.69, 9.17) is 0 Å². The lowest BCUT2D eigenvalue weighted by Crippen LogP contribution is -2.15. The molecule has 0 aliphatic heterocycles. The topological polar surface area (TPSA) is 100 Å². The normalized spacial score (nSPS) is 19.1. The third kappa shape index (κ3) is 3.14. The summed E-state index contributed by atoms with van der Waals surface area (Å²) < 4.78 is 30.2. The Morgan fingerprint density at radius 1 is 1.35 bits per heavy atom. The van der Waals surface area contributed by atoms with Gasteiger partial charge in [-0.3, -0.25) is 14.9 Å². The number of aromatic nitrogens is 5. The number of rotatable bonds is 5. The highest BCUT2D eigenvalue weighted by molar-refractivity contribution is 5.97. The Balaban J connectivity index is 1.58. The summed E-state index contributed by atoms with van der Waals surface area (Å²) in [6.07, 6.45) is 5.74. The number of hydrogen-bond donors (Lipinski definition) is 3. The Bertz CT molecular complexity index is 1330. The number of imidazole rings is 1. The number of benzene rings is 1. The van der Waals surface area contributed by atoms with E-state index in [1.54, 1.807) is 43.2 Å². The van der Waals surface area contributed by atoms with Crippen LogP contribution in [0.25, 0.3) is 27.8 Å². The first-order valence-corrected chi connectivity index (χ1v) is 10.0. The summed E-state index contributed by atoms with van der Waals surface area (Å²) >= 11 is 0. The number of carbonyl (C=O) groups is 1. The summed E-state index contributed by atoms with van der Waals surface area (Å²) in [4.78, 5) is 20.8. The molecule has 160 valence electrons. The van der Waals surface area contributed by atoms with Crippen LogP contribution in [-0.4, -0.2) is 43.7 Å². The van der Waals surface area contributed by atoms with Gasteiger partial charge in [-0.25, -0.2) is 13.8 Å². The van der Waals surface area contributed by atoms with Crippen LogP contribution in [0.4, 0.5) is 14.6 Å². The molecule has 3 atom stereocenters. The lowest BCUT2D eigenvalue weighted by Gasteiger charge is -2.17. The molecule has 4 aromatic rings. The van der Waals surface area contributed by atoms with Crippen molar-refractivity contribution in [3.8, 4) is 11.3 Å². The number of nitrogens with one attached hydrogen (secondary N) is 3. The van der Waals surface area contributed by atoms with Crippen LogP contribution >= 0.6 is 0 Å². The summed E-state index contributed by atoms with van der Waals surface area (Å²) in [5, 5.41) is 13.5. The van der Waals surface area contributed by atoms with Crippen molar-refractivity contribution in [3.63, 3.8) is 0 Å². The maximum Gasteiger partial charge on any atom is 0.231 e. The zero-order chi connectivity index (χ0) is 21.9. The van der Waals surface area contributed by atoms with E-state index in [9.17, 15) is 9.18 Å². The van der Waals surface area contributed by atoms with Gasteiger partial charge in [0.25, 0.3) is 0 Å². The van der Waals surface area contributed by atoms with E-state index >= 15 is 4.39 Å². The molecule has 0 spiro atoms. The number of nitrogens with zero attached hydrogens (tertiary/aromatic N) is 4. The monoisotopic (exact) mass is 425 g/mol. The van der Waals surface area contributed by atoms with Crippen LogP contribution in [0.2, 0.25) is 0 Å². The summed E-state index contributed by atoms with van der Waals surface area (Å²) in [6, 6.07) is -0.207. The zero-order valence-electron chi connectivity index (χ0n) is 17.2. The molecule has 1 fully saturated rings. The molecule has 1 unspecified atom stereocenters.